The van der Waals surface area contributed by atoms with Gasteiger partial charge in [-0.15, -0.1) is 0 Å². The predicted octanol–water partition coefficient (Wildman–Crippen LogP) is 4.63. The van der Waals surface area contributed by atoms with Crippen LogP contribution in [0.25, 0.3) is 0 Å². The number of amides is 1. The monoisotopic (exact) mass is 460 g/mol. The van der Waals surface area contributed by atoms with Gasteiger partial charge in [-0.1, -0.05) is 54.1 Å². The van der Waals surface area contributed by atoms with E-state index in [1.54, 1.807) is 24.3 Å². The molecule has 0 spiro atoms. The third-order valence-corrected chi connectivity index (χ3v) is 8.66. The molecule has 3 aromatic rings. The summed E-state index contributed by atoms with van der Waals surface area (Å²) in [5.74, 6) is -0.279. The molecule has 0 bridgehead atoms. The van der Waals surface area contributed by atoms with Gasteiger partial charge in [0.15, 0.2) is 0 Å². The largest absolute Gasteiger partial charge is 0.324 e. The van der Waals surface area contributed by atoms with Crippen molar-refractivity contribution in [3.63, 3.8) is 0 Å². The maximum Gasteiger partial charge on any atom is 0.244 e. The Kier molecular flexibility index (Phi) is 5.81. The lowest BCUT2D eigenvalue weighted by Gasteiger charge is -2.35. The maximum absolute atomic E-state index is 13.7. The van der Waals surface area contributed by atoms with Crippen LogP contribution in [0, 0.1) is 6.92 Å². The van der Waals surface area contributed by atoms with Crippen molar-refractivity contribution in [2.24, 2.45) is 0 Å². The molecule has 1 aliphatic heterocycles. The molecule has 0 aromatic heterocycles. The van der Waals surface area contributed by atoms with Crippen molar-refractivity contribution in [1.29, 1.82) is 0 Å². The standard InChI is InChI=1S/C27H28N2O3S/c1-19-13-15-23(16-14-19)33(31,32)29-18-22-9-3-2-8-21(22)17-26(29)27(30)28-25-12-6-10-20-7-4-5-11-24(20)25/h2-3,6,8-10,12-16,26H,4-5,7,11,17-18H2,1H3,(H,28,30). The molecule has 1 amide bonds. The van der Waals surface area contributed by atoms with Gasteiger partial charge >= 0.3 is 0 Å². The second-order valence-electron chi connectivity index (χ2n) is 8.99. The highest BCUT2D eigenvalue weighted by molar-refractivity contribution is 7.89. The third kappa shape index (κ3) is 4.21. The first-order valence-corrected chi connectivity index (χ1v) is 12.9. The summed E-state index contributed by atoms with van der Waals surface area (Å²) in [5, 5.41) is 3.09. The van der Waals surface area contributed by atoms with Gasteiger partial charge in [-0.05, 0) is 79.5 Å². The van der Waals surface area contributed by atoms with Gasteiger partial charge in [0.05, 0.1) is 4.90 Å². The lowest BCUT2D eigenvalue weighted by atomic mass is 9.90. The summed E-state index contributed by atoms with van der Waals surface area (Å²) < 4.78 is 28.7. The Labute approximate surface area is 195 Å². The molecule has 1 aliphatic carbocycles. The summed E-state index contributed by atoms with van der Waals surface area (Å²) >= 11 is 0. The van der Waals surface area contributed by atoms with E-state index in [0.29, 0.717) is 6.42 Å². The average Bonchev–Trinajstić information content (AvgIpc) is 2.83. The molecule has 1 heterocycles. The predicted molar refractivity (Wildman–Crippen MR) is 130 cm³/mol. The molecular weight excluding hydrogens is 432 g/mol. The van der Waals surface area contributed by atoms with Crippen molar-refractivity contribution < 1.29 is 13.2 Å². The second kappa shape index (κ2) is 8.76. The normalized spacial score (nSPS) is 18.3. The quantitative estimate of drug-likeness (QED) is 0.617. The van der Waals surface area contributed by atoms with Crippen LogP contribution in [-0.4, -0.2) is 24.7 Å². The zero-order chi connectivity index (χ0) is 23.0. The van der Waals surface area contributed by atoms with Gasteiger partial charge in [0.2, 0.25) is 15.9 Å². The fraction of sp³-hybridized carbons (Fsp3) is 0.296. The molecular formula is C27H28N2O3S. The highest BCUT2D eigenvalue weighted by Crippen LogP contribution is 2.32. The number of carbonyl (C=O) groups is 1. The van der Waals surface area contributed by atoms with E-state index in [9.17, 15) is 13.2 Å². The Hall–Kier alpha value is -2.96. The van der Waals surface area contributed by atoms with Gasteiger partial charge in [0.1, 0.15) is 6.04 Å². The summed E-state index contributed by atoms with van der Waals surface area (Å²) in [7, 11) is -3.85. The zero-order valence-electron chi connectivity index (χ0n) is 18.8. The Morgan fingerprint density at radius 3 is 2.36 bits per heavy atom. The van der Waals surface area contributed by atoms with Crippen LogP contribution >= 0.6 is 0 Å². The van der Waals surface area contributed by atoms with E-state index in [-0.39, 0.29) is 17.3 Å². The zero-order valence-corrected chi connectivity index (χ0v) is 19.6. The molecule has 170 valence electrons. The molecule has 1 atom stereocenters. The van der Waals surface area contributed by atoms with Crippen LogP contribution in [0.1, 0.15) is 40.7 Å². The first-order valence-electron chi connectivity index (χ1n) is 11.5. The minimum Gasteiger partial charge on any atom is -0.324 e. The molecule has 2 aliphatic rings. The van der Waals surface area contributed by atoms with E-state index in [2.05, 4.69) is 11.4 Å². The molecule has 1 unspecified atom stereocenters. The van der Waals surface area contributed by atoms with Crippen molar-refractivity contribution in [3.05, 3.63) is 94.5 Å². The lowest BCUT2D eigenvalue weighted by Crippen LogP contribution is -2.50. The smallest absolute Gasteiger partial charge is 0.244 e. The molecule has 0 radical (unpaired) electrons. The fourth-order valence-electron chi connectivity index (χ4n) is 4.94. The summed E-state index contributed by atoms with van der Waals surface area (Å²) in [6.45, 7) is 2.10. The van der Waals surface area contributed by atoms with Gasteiger partial charge in [-0.25, -0.2) is 8.42 Å². The molecule has 5 nitrogen and oxygen atoms in total. The van der Waals surface area contributed by atoms with Gasteiger partial charge in [0, 0.05) is 12.2 Å². The Morgan fingerprint density at radius 2 is 1.58 bits per heavy atom. The Balaban J connectivity index is 1.51. The number of benzene rings is 3. The van der Waals surface area contributed by atoms with Crippen molar-refractivity contribution in [2.45, 2.75) is 56.5 Å². The number of nitrogens with zero attached hydrogens (tertiary/aromatic N) is 1. The van der Waals surface area contributed by atoms with Crippen LogP contribution in [0.15, 0.2) is 71.6 Å². The van der Waals surface area contributed by atoms with E-state index >= 15 is 0 Å². The van der Waals surface area contributed by atoms with Gasteiger partial charge in [-0.2, -0.15) is 4.31 Å². The summed E-state index contributed by atoms with van der Waals surface area (Å²) in [4.78, 5) is 13.8. The topological polar surface area (TPSA) is 66.5 Å². The number of carbonyl (C=O) groups excluding carboxylic acids is 1. The van der Waals surface area contributed by atoms with E-state index in [0.717, 1.165) is 48.1 Å². The first-order chi connectivity index (χ1) is 15.9. The molecule has 3 aromatic carbocycles. The summed E-state index contributed by atoms with van der Waals surface area (Å²) in [6, 6.07) is 19.8. The van der Waals surface area contributed by atoms with Gasteiger partial charge in [-0.3, -0.25) is 4.79 Å². The van der Waals surface area contributed by atoms with Crippen molar-refractivity contribution in [2.75, 3.05) is 5.32 Å². The molecule has 5 rings (SSSR count). The number of aryl methyl sites for hydroxylation is 2. The van der Waals surface area contributed by atoms with Crippen LogP contribution in [0.4, 0.5) is 5.69 Å². The minimum atomic E-state index is -3.85. The van der Waals surface area contributed by atoms with Crippen molar-refractivity contribution in [1.82, 2.24) is 4.31 Å². The van der Waals surface area contributed by atoms with Crippen molar-refractivity contribution in [3.8, 4) is 0 Å². The van der Waals surface area contributed by atoms with Gasteiger partial charge in [0.25, 0.3) is 0 Å². The van der Waals surface area contributed by atoms with Crippen LogP contribution < -0.4 is 5.32 Å². The molecule has 0 fully saturated rings. The van der Waals surface area contributed by atoms with E-state index < -0.39 is 16.1 Å². The molecule has 1 N–H and O–H groups in total. The van der Waals surface area contributed by atoms with E-state index in [1.807, 2.05) is 43.3 Å². The van der Waals surface area contributed by atoms with Crippen LogP contribution in [-0.2, 0) is 40.6 Å². The number of rotatable bonds is 4. The highest BCUT2D eigenvalue weighted by atomic mass is 32.2. The Morgan fingerprint density at radius 1 is 0.879 bits per heavy atom. The van der Waals surface area contributed by atoms with Crippen molar-refractivity contribution >= 4 is 21.6 Å². The number of hydrogen-bond donors (Lipinski definition) is 1. The number of sulfonamides is 1. The lowest BCUT2D eigenvalue weighted by molar-refractivity contribution is -0.120. The number of anilines is 1. The minimum absolute atomic E-state index is 0.178. The maximum atomic E-state index is 13.7. The number of fused-ring (bicyclic) bond motifs is 2. The highest BCUT2D eigenvalue weighted by Gasteiger charge is 2.39. The van der Waals surface area contributed by atoms with Crippen LogP contribution in [0.2, 0.25) is 0 Å². The molecule has 0 saturated heterocycles. The fourth-order valence-corrected chi connectivity index (χ4v) is 6.50. The third-order valence-electron chi connectivity index (χ3n) is 6.79. The van der Waals surface area contributed by atoms with Crippen LogP contribution in [0.5, 0.6) is 0 Å². The van der Waals surface area contributed by atoms with E-state index in [4.69, 9.17) is 0 Å². The van der Waals surface area contributed by atoms with E-state index in [1.165, 1.54) is 15.4 Å². The molecule has 33 heavy (non-hydrogen) atoms. The molecule has 0 saturated carbocycles. The summed E-state index contributed by atoms with van der Waals surface area (Å²) in [5.41, 5.74) is 6.21. The first kappa shape index (κ1) is 21.9. The van der Waals surface area contributed by atoms with Crippen LogP contribution in [0.3, 0.4) is 0 Å². The SMILES string of the molecule is Cc1ccc(S(=O)(=O)N2Cc3ccccc3CC2C(=O)Nc2cccc3c2CCCC3)cc1. The van der Waals surface area contributed by atoms with Gasteiger partial charge < -0.3 is 5.32 Å². The molecule has 6 heteroatoms. The number of nitrogens with one attached hydrogen (secondary N) is 1. The summed E-state index contributed by atoms with van der Waals surface area (Å²) in [6.07, 6.45) is 4.56. The second-order valence-corrected chi connectivity index (χ2v) is 10.9. The Bertz CT molecular complexity index is 1300. The average molecular weight is 461 g/mol. The number of hydrogen-bond acceptors (Lipinski definition) is 3.